The molecule has 2 aromatic heterocycles. The van der Waals surface area contributed by atoms with Crippen LogP contribution >= 0.6 is 0 Å². The van der Waals surface area contributed by atoms with Gasteiger partial charge in [0.15, 0.2) is 5.82 Å². The quantitative estimate of drug-likeness (QED) is 0.845. The molecule has 0 aromatic carbocycles. The second kappa shape index (κ2) is 7.15. The largest absolute Gasteiger partial charge is 0.349 e. The summed E-state index contributed by atoms with van der Waals surface area (Å²) >= 11 is 0. The minimum absolute atomic E-state index is 0.0142. The molecule has 2 fully saturated rings. The number of likely N-dealkylation sites (tertiary alicyclic amines) is 1. The number of carbonyl (C=O) groups excluding carboxylic acids is 2. The van der Waals surface area contributed by atoms with Crippen molar-refractivity contribution < 1.29 is 9.59 Å². The van der Waals surface area contributed by atoms with Crippen LogP contribution in [-0.2, 0) is 16.0 Å². The average molecular weight is 406 g/mol. The smallest absolute Gasteiger partial charge is 0.225 e. The molecule has 0 spiro atoms. The molecule has 3 aliphatic rings. The second-order valence-corrected chi connectivity index (χ2v) is 9.62. The number of hydrogen-bond donors (Lipinski definition) is 1. The third kappa shape index (κ3) is 3.68. The predicted octanol–water partition coefficient (Wildman–Crippen LogP) is 2.68. The summed E-state index contributed by atoms with van der Waals surface area (Å²) in [6, 6.07) is 4.03. The Balaban J connectivity index is 1.37. The summed E-state index contributed by atoms with van der Waals surface area (Å²) in [5.74, 6) is 0.509. The molecule has 1 aliphatic heterocycles. The van der Waals surface area contributed by atoms with Crippen molar-refractivity contribution in [3.8, 4) is 11.4 Å². The molecule has 7 heteroatoms. The summed E-state index contributed by atoms with van der Waals surface area (Å²) in [4.78, 5) is 40.6. The standard InChI is InChI=1S/C23H27N5O2/c1-23(2)10-18-17(12-25-21(26-18)14-5-7-24-8-6-14)19(11-23)27-22(30)15-9-20(29)28(13-15)16-3-4-16/h5-8,12,15-16,19H,3-4,9-11,13H2,1-2H3,(H,27,30)/t15-,19-/m0/s1. The first-order chi connectivity index (χ1) is 14.4. The Morgan fingerprint density at radius 2 is 2.00 bits per heavy atom. The average Bonchev–Trinajstić information content (AvgIpc) is 3.48. The van der Waals surface area contributed by atoms with Crippen LogP contribution in [0.4, 0.5) is 0 Å². The summed E-state index contributed by atoms with van der Waals surface area (Å²) in [5, 5.41) is 3.22. The highest BCUT2D eigenvalue weighted by Gasteiger charge is 2.43. The zero-order chi connectivity index (χ0) is 20.9. The molecule has 2 aliphatic carbocycles. The van der Waals surface area contributed by atoms with Crippen molar-refractivity contribution in [1.29, 1.82) is 0 Å². The van der Waals surface area contributed by atoms with E-state index < -0.39 is 0 Å². The van der Waals surface area contributed by atoms with Crippen LogP contribution in [0.5, 0.6) is 0 Å². The zero-order valence-electron chi connectivity index (χ0n) is 17.5. The van der Waals surface area contributed by atoms with Crippen LogP contribution in [0.1, 0.15) is 56.8 Å². The maximum absolute atomic E-state index is 13.0. The van der Waals surface area contributed by atoms with Gasteiger partial charge in [-0.3, -0.25) is 14.6 Å². The molecule has 1 saturated carbocycles. The SMILES string of the molecule is CC1(C)Cc2nc(-c3ccncc3)ncc2[C@@H](NC(=O)[C@H]2CC(=O)N(C3CC3)C2)C1. The van der Waals surface area contributed by atoms with Crippen LogP contribution in [0, 0.1) is 11.3 Å². The Kier molecular flexibility index (Phi) is 4.56. The van der Waals surface area contributed by atoms with Gasteiger partial charge < -0.3 is 10.2 Å². The topological polar surface area (TPSA) is 88.1 Å². The second-order valence-electron chi connectivity index (χ2n) is 9.62. The van der Waals surface area contributed by atoms with Gasteiger partial charge in [0.2, 0.25) is 11.8 Å². The molecule has 156 valence electrons. The summed E-state index contributed by atoms with van der Waals surface area (Å²) in [7, 11) is 0. The van der Waals surface area contributed by atoms with Crippen LogP contribution in [0.3, 0.4) is 0 Å². The van der Waals surface area contributed by atoms with Crippen LogP contribution in [0.2, 0.25) is 0 Å². The molecule has 3 heterocycles. The monoisotopic (exact) mass is 405 g/mol. The molecule has 0 unspecified atom stereocenters. The van der Waals surface area contributed by atoms with Gasteiger partial charge >= 0.3 is 0 Å². The number of aromatic nitrogens is 3. The number of fused-ring (bicyclic) bond motifs is 1. The van der Waals surface area contributed by atoms with E-state index in [9.17, 15) is 9.59 Å². The molecule has 1 N–H and O–H groups in total. The molecule has 2 atom stereocenters. The van der Waals surface area contributed by atoms with Gasteiger partial charge in [-0.05, 0) is 43.2 Å². The van der Waals surface area contributed by atoms with Crippen molar-refractivity contribution in [3.63, 3.8) is 0 Å². The summed E-state index contributed by atoms with van der Waals surface area (Å²) in [6.07, 6.45) is 9.46. The molecule has 0 bridgehead atoms. The maximum Gasteiger partial charge on any atom is 0.225 e. The van der Waals surface area contributed by atoms with Crippen molar-refractivity contribution in [2.24, 2.45) is 11.3 Å². The lowest BCUT2D eigenvalue weighted by molar-refractivity contribution is -0.129. The van der Waals surface area contributed by atoms with E-state index in [1.807, 2.05) is 23.2 Å². The van der Waals surface area contributed by atoms with Gasteiger partial charge in [0.1, 0.15) is 0 Å². The minimum atomic E-state index is -0.261. The molecule has 30 heavy (non-hydrogen) atoms. The highest BCUT2D eigenvalue weighted by Crippen LogP contribution is 2.41. The number of carbonyl (C=O) groups is 2. The molecule has 7 nitrogen and oxygen atoms in total. The first kappa shape index (κ1) is 19.2. The van der Waals surface area contributed by atoms with E-state index in [0.29, 0.717) is 24.8 Å². The Morgan fingerprint density at radius 3 is 2.73 bits per heavy atom. The van der Waals surface area contributed by atoms with Crippen molar-refractivity contribution in [3.05, 3.63) is 42.0 Å². The van der Waals surface area contributed by atoms with Gasteiger partial charge in [0, 0.05) is 48.7 Å². The lowest BCUT2D eigenvalue weighted by Gasteiger charge is -2.37. The van der Waals surface area contributed by atoms with Crippen LogP contribution < -0.4 is 5.32 Å². The number of nitrogens with zero attached hydrogens (tertiary/aromatic N) is 4. The van der Waals surface area contributed by atoms with Crippen molar-refractivity contribution >= 4 is 11.8 Å². The fourth-order valence-electron chi connectivity index (χ4n) is 4.75. The normalized spacial score (nSPS) is 25.1. The highest BCUT2D eigenvalue weighted by molar-refractivity contribution is 5.89. The molecule has 5 rings (SSSR count). The minimum Gasteiger partial charge on any atom is -0.349 e. The molecular formula is C23H27N5O2. The van der Waals surface area contributed by atoms with Crippen molar-refractivity contribution in [2.75, 3.05) is 6.54 Å². The molecule has 1 saturated heterocycles. The summed E-state index contributed by atoms with van der Waals surface area (Å²) < 4.78 is 0. The van der Waals surface area contributed by atoms with Gasteiger partial charge in [-0.1, -0.05) is 13.8 Å². The van der Waals surface area contributed by atoms with Crippen molar-refractivity contribution in [1.82, 2.24) is 25.2 Å². The van der Waals surface area contributed by atoms with Gasteiger partial charge in [-0.25, -0.2) is 9.97 Å². The van der Waals surface area contributed by atoms with E-state index in [2.05, 4.69) is 29.1 Å². The third-order valence-electron chi connectivity index (χ3n) is 6.45. The molecule has 2 amide bonds. The fourth-order valence-corrected chi connectivity index (χ4v) is 4.75. The van der Waals surface area contributed by atoms with Crippen molar-refractivity contribution in [2.45, 2.75) is 58.0 Å². The zero-order valence-corrected chi connectivity index (χ0v) is 17.5. The van der Waals surface area contributed by atoms with Gasteiger partial charge in [0.25, 0.3) is 0 Å². The third-order valence-corrected chi connectivity index (χ3v) is 6.45. The number of hydrogen-bond acceptors (Lipinski definition) is 5. The Morgan fingerprint density at radius 1 is 1.23 bits per heavy atom. The van der Waals surface area contributed by atoms with E-state index >= 15 is 0 Å². The number of amides is 2. The molecular weight excluding hydrogens is 378 g/mol. The van der Waals surface area contributed by atoms with E-state index in [-0.39, 0.29) is 29.2 Å². The number of pyridine rings is 1. The van der Waals surface area contributed by atoms with Crippen LogP contribution in [0.25, 0.3) is 11.4 Å². The van der Waals surface area contributed by atoms with Gasteiger partial charge in [-0.2, -0.15) is 0 Å². The van der Waals surface area contributed by atoms with E-state index in [1.165, 1.54) is 0 Å². The fraction of sp³-hybridized carbons (Fsp3) is 0.522. The Hall–Kier alpha value is -2.83. The van der Waals surface area contributed by atoms with Crippen LogP contribution in [-0.4, -0.2) is 44.3 Å². The lowest BCUT2D eigenvalue weighted by Crippen LogP contribution is -2.40. The lowest BCUT2D eigenvalue weighted by atomic mass is 9.74. The number of nitrogens with one attached hydrogen (secondary N) is 1. The van der Waals surface area contributed by atoms with E-state index in [0.717, 1.165) is 42.5 Å². The molecule has 2 aromatic rings. The summed E-state index contributed by atoms with van der Waals surface area (Å²) in [5.41, 5.74) is 2.92. The van der Waals surface area contributed by atoms with Crippen LogP contribution in [0.15, 0.2) is 30.7 Å². The summed E-state index contributed by atoms with van der Waals surface area (Å²) in [6.45, 7) is 4.96. The predicted molar refractivity (Wildman–Crippen MR) is 111 cm³/mol. The highest BCUT2D eigenvalue weighted by atomic mass is 16.2. The maximum atomic E-state index is 13.0. The first-order valence-electron chi connectivity index (χ1n) is 10.8. The Bertz CT molecular complexity index is 986. The molecule has 0 radical (unpaired) electrons. The van der Waals surface area contributed by atoms with Gasteiger partial charge in [-0.15, -0.1) is 0 Å². The van der Waals surface area contributed by atoms with Gasteiger partial charge in [0.05, 0.1) is 17.7 Å². The number of rotatable bonds is 4. The Labute approximate surface area is 176 Å². The first-order valence-corrected chi connectivity index (χ1v) is 10.8. The van der Waals surface area contributed by atoms with E-state index in [1.54, 1.807) is 12.4 Å². The van der Waals surface area contributed by atoms with E-state index in [4.69, 9.17) is 4.98 Å².